The Morgan fingerprint density at radius 1 is 1.25 bits per heavy atom. The fourth-order valence-electron chi connectivity index (χ4n) is 1.64. The van der Waals surface area contributed by atoms with Crippen molar-refractivity contribution < 1.29 is 13.5 Å². The third-order valence-corrected chi connectivity index (χ3v) is 2.81. The van der Waals surface area contributed by atoms with Gasteiger partial charge >= 0.3 is 0 Å². The molecule has 1 aromatic carbocycles. The molecule has 1 aromatic heterocycles. The fraction of sp³-hybridized carbons (Fsp3) is 0.154. The summed E-state index contributed by atoms with van der Waals surface area (Å²) in [6.45, 7) is 3.39. The number of hydrogen-bond acceptors (Lipinski definition) is 4. The van der Waals surface area contributed by atoms with Crippen molar-refractivity contribution in [1.29, 1.82) is 5.41 Å². The molecular weight excluding hydrogens is 266 g/mol. The third kappa shape index (κ3) is 2.42. The number of hydrogen-bond donors (Lipinski definition) is 2. The minimum absolute atomic E-state index is 0.134. The summed E-state index contributed by atoms with van der Waals surface area (Å²) in [4.78, 5) is 0. The maximum Gasteiger partial charge on any atom is 0.250 e. The van der Waals surface area contributed by atoms with Gasteiger partial charge in [0, 0.05) is 0 Å². The van der Waals surface area contributed by atoms with Crippen molar-refractivity contribution >= 4 is 5.84 Å². The largest absolute Gasteiger partial charge is 0.434 e. The highest BCUT2D eigenvalue weighted by Gasteiger charge is 2.18. The number of aryl methyl sites for hydroxylation is 1. The maximum atomic E-state index is 13.6. The van der Waals surface area contributed by atoms with Crippen LogP contribution in [-0.2, 0) is 0 Å². The number of halogens is 2. The van der Waals surface area contributed by atoms with Crippen LogP contribution in [0.15, 0.2) is 18.2 Å². The van der Waals surface area contributed by atoms with Crippen LogP contribution < -0.4 is 10.5 Å². The van der Waals surface area contributed by atoms with Crippen LogP contribution in [0.3, 0.4) is 0 Å². The van der Waals surface area contributed by atoms with E-state index in [4.69, 9.17) is 15.9 Å². The molecule has 2 rings (SSSR count). The van der Waals surface area contributed by atoms with E-state index in [1.807, 2.05) is 0 Å². The highest BCUT2D eigenvalue weighted by molar-refractivity contribution is 5.98. The Bertz CT molecular complexity index is 688. The lowest BCUT2D eigenvalue weighted by molar-refractivity contribution is 0.400. The predicted molar refractivity (Wildman–Crippen MR) is 69.0 cm³/mol. The lowest BCUT2D eigenvalue weighted by atomic mass is 10.1. The molecule has 0 saturated heterocycles. The zero-order valence-corrected chi connectivity index (χ0v) is 10.9. The molecule has 0 saturated carbocycles. The number of benzene rings is 1. The molecule has 0 aliphatic carbocycles. The lowest BCUT2D eigenvalue weighted by Gasteiger charge is -2.12. The van der Waals surface area contributed by atoms with Gasteiger partial charge in [0.2, 0.25) is 11.7 Å². The Labute approximate surface area is 113 Å². The monoisotopic (exact) mass is 278 g/mol. The van der Waals surface area contributed by atoms with Gasteiger partial charge in [-0.1, -0.05) is 6.07 Å². The standard InChI is InChI=1S/C13H12F2N4O/c1-6-7(2)18-19-13(10(6)12(16)17)20-9-5-3-4-8(14)11(9)15/h3-5H,1-2H3,(H3,16,17). The molecule has 0 bridgehead atoms. The molecule has 2 aromatic rings. The summed E-state index contributed by atoms with van der Waals surface area (Å²) in [6.07, 6.45) is 0. The van der Waals surface area contributed by atoms with Crippen LogP contribution in [0.5, 0.6) is 11.6 Å². The average molecular weight is 278 g/mol. The Morgan fingerprint density at radius 3 is 2.60 bits per heavy atom. The molecule has 0 unspecified atom stereocenters. The van der Waals surface area contributed by atoms with Gasteiger partial charge in [-0.3, -0.25) is 5.41 Å². The van der Waals surface area contributed by atoms with E-state index in [1.54, 1.807) is 13.8 Å². The highest BCUT2D eigenvalue weighted by atomic mass is 19.2. The topological polar surface area (TPSA) is 84.9 Å². The lowest BCUT2D eigenvalue weighted by Crippen LogP contribution is -2.17. The normalized spacial score (nSPS) is 10.4. The molecule has 20 heavy (non-hydrogen) atoms. The van der Waals surface area contributed by atoms with Crippen molar-refractivity contribution in [3.63, 3.8) is 0 Å². The summed E-state index contributed by atoms with van der Waals surface area (Å²) in [5.74, 6) is -2.94. The Morgan fingerprint density at radius 2 is 1.95 bits per heavy atom. The summed E-state index contributed by atoms with van der Waals surface area (Å²) in [5.41, 5.74) is 6.85. The molecule has 3 N–H and O–H groups in total. The smallest absolute Gasteiger partial charge is 0.250 e. The second-order valence-corrected chi connectivity index (χ2v) is 4.16. The van der Waals surface area contributed by atoms with Crippen LogP contribution in [0.4, 0.5) is 8.78 Å². The second kappa shape index (κ2) is 5.20. The fourth-order valence-corrected chi connectivity index (χ4v) is 1.64. The number of nitrogens with zero attached hydrogens (tertiary/aromatic N) is 2. The Kier molecular flexibility index (Phi) is 3.60. The SMILES string of the molecule is Cc1nnc(Oc2cccc(F)c2F)c(C(=N)N)c1C. The highest BCUT2D eigenvalue weighted by Crippen LogP contribution is 2.28. The van der Waals surface area contributed by atoms with Gasteiger partial charge in [-0.25, -0.2) is 4.39 Å². The minimum atomic E-state index is -1.14. The molecule has 5 nitrogen and oxygen atoms in total. The van der Waals surface area contributed by atoms with Gasteiger partial charge in [0.1, 0.15) is 5.84 Å². The first kappa shape index (κ1) is 13.9. The molecule has 0 atom stereocenters. The van der Waals surface area contributed by atoms with Crippen molar-refractivity contribution in [1.82, 2.24) is 10.2 Å². The number of nitrogens with one attached hydrogen (secondary N) is 1. The molecule has 0 fully saturated rings. The number of nitrogen functional groups attached to an aromatic ring is 1. The van der Waals surface area contributed by atoms with E-state index < -0.39 is 11.6 Å². The first-order chi connectivity index (χ1) is 9.41. The Balaban J connectivity index is 2.52. The van der Waals surface area contributed by atoms with E-state index in [1.165, 1.54) is 12.1 Å². The summed E-state index contributed by atoms with van der Waals surface area (Å²) in [6, 6.07) is 3.52. The van der Waals surface area contributed by atoms with Crippen molar-refractivity contribution in [3.05, 3.63) is 46.7 Å². The molecule has 0 amide bonds. The quantitative estimate of drug-likeness (QED) is 0.667. The van der Waals surface area contributed by atoms with Crippen LogP contribution in [0.25, 0.3) is 0 Å². The molecule has 0 spiro atoms. The predicted octanol–water partition coefficient (Wildman–Crippen LogP) is 2.45. The van der Waals surface area contributed by atoms with Gasteiger partial charge in [-0.15, -0.1) is 5.10 Å². The molecule has 0 radical (unpaired) electrons. The molecule has 1 heterocycles. The summed E-state index contributed by atoms with van der Waals surface area (Å²) >= 11 is 0. The van der Waals surface area contributed by atoms with Gasteiger partial charge in [-0.05, 0) is 31.5 Å². The van der Waals surface area contributed by atoms with E-state index in [0.29, 0.717) is 11.3 Å². The molecule has 104 valence electrons. The first-order valence-corrected chi connectivity index (χ1v) is 5.72. The van der Waals surface area contributed by atoms with Gasteiger partial charge in [0.25, 0.3) is 0 Å². The number of aromatic nitrogens is 2. The van der Waals surface area contributed by atoms with Gasteiger partial charge in [0.15, 0.2) is 11.6 Å². The van der Waals surface area contributed by atoms with Crippen LogP contribution in [0, 0.1) is 30.9 Å². The van der Waals surface area contributed by atoms with E-state index in [2.05, 4.69) is 10.2 Å². The minimum Gasteiger partial charge on any atom is -0.434 e. The van der Waals surface area contributed by atoms with Crippen LogP contribution in [0.2, 0.25) is 0 Å². The average Bonchev–Trinajstić information content (AvgIpc) is 2.39. The molecule has 0 aliphatic rings. The summed E-state index contributed by atoms with van der Waals surface area (Å²) in [5, 5.41) is 15.1. The molecule has 0 aliphatic heterocycles. The maximum absolute atomic E-state index is 13.6. The van der Waals surface area contributed by atoms with Crippen molar-refractivity contribution in [2.75, 3.05) is 0 Å². The van der Waals surface area contributed by atoms with Crippen LogP contribution in [0.1, 0.15) is 16.8 Å². The zero-order valence-electron chi connectivity index (χ0n) is 10.9. The van der Waals surface area contributed by atoms with Crippen molar-refractivity contribution in [2.24, 2.45) is 5.73 Å². The van der Waals surface area contributed by atoms with Gasteiger partial charge in [0.05, 0.1) is 11.3 Å². The summed E-state index contributed by atoms with van der Waals surface area (Å²) < 4.78 is 31.9. The number of ether oxygens (including phenoxy) is 1. The number of nitrogens with two attached hydrogens (primary N) is 1. The molecular formula is C13H12F2N4O. The second-order valence-electron chi connectivity index (χ2n) is 4.16. The van der Waals surface area contributed by atoms with Crippen LogP contribution >= 0.6 is 0 Å². The van der Waals surface area contributed by atoms with Gasteiger partial charge in [-0.2, -0.15) is 9.49 Å². The van der Waals surface area contributed by atoms with E-state index in [0.717, 1.165) is 6.07 Å². The van der Waals surface area contributed by atoms with E-state index in [-0.39, 0.29) is 23.0 Å². The first-order valence-electron chi connectivity index (χ1n) is 5.72. The summed E-state index contributed by atoms with van der Waals surface area (Å²) in [7, 11) is 0. The Hall–Kier alpha value is -2.57. The third-order valence-electron chi connectivity index (χ3n) is 2.81. The number of amidine groups is 1. The van der Waals surface area contributed by atoms with E-state index in [9.17, 15) is 8.78 Å². The van der Waals surface area contributed by atoms with Crippen molar-refractivity contribution in [2.45, 2.75) is 13.8 Å². The van der Waals surface area contributed by atoms with Crippen molar-refractivity contribution in [3.8, 4) is 11.6 Å². The zero-order chi connectivity index (χ0) is 14.9. The van der Waals surface area contributed by atoms with E-state index >= 15 is 0 Å². The van der Waals surface area contributed by atoms with Gasteiger partial charge < -0.3 is 10.5 Å². The molecule has 7 heteroatoms. The van der Waals surface area contributed by atoms with Crippen LogP contribution in [-0.4, -0.2) is 16.0 Å². The number of rotatable bonds is 3.